The number of hydrogen-bond donors (Lipinski definition) is 1. The molecule has 1 amide bonds. The molecule has 0 unspecified atom stereocenters. The van der Waals surface area contributed by atoms with Crippen LogP contribution in [0, 0.1) is 6.92 Å². The monoisotopic (exact) mass is 350 g/mol. The Morgan fingerprint density at radius 3 is 2.50 bits per heavy atom. The molecular formula is C20H22N4O2. The Morgan fingerprint density at radius 2 is 1.88 bits per heavy atom. The summed E-state index contributed by atoms with van der Waals surface area (Å²) in [4.78, 5) is 14.7. The molecule has 6 nitrogen and oxygen atoms in total. The number of methoxy groups -OCH3 is 1. The predicted octanol–water partition coefficient (Wildman–Crippen LogP) is 3.51. The smallest absolute Gasteiger partial charge is 0.280 e. The Hall–Kier alpha value is -3.28. The number of aromatic nitrogens is 2. The highest BCUT2D eigenvalue weighted by Gasteiger charge is 2.19. The third-order valence-corrected chi connectivity index (χ3v) is 4.11. The lowest BCUT2D eigenvalue weighted by molar-refractivity contribution is 0.101. The highest BCUT2D eigenvalue weighted by Crippen LogP contribution is 2.24. The molecule has 0 fully saturated rings. The van der Waals surface area contributed by atoms with Crippen LogP contribution in [0.2, 0.25) is 0 Å². The van der Waals surface area contributed by atoms with E-state index in [9.17, 15) is 4.79 Å². The van der Waals surface area contributed by atoms with E-state index in [0.717, 1.165) is 22.6 Å². The van der Waals surface area contributed by atoms with Crippen molar-refractivity contribution in [2.45, 2.75) is 6.92 Å². The Labute approximate surface area is 153 Å². The number of nitrogens with one attached hydrogen (secondary N) is 1. The lowest BCUT2D eigenvalue weighted by Crippen LogP contribution is -2.15. The molecule has 0 saturated heterocycles. The Morgan fingerprint density at radius 1 is 1.15 bits per heavy atom. The zero-order valence-corrected chi connectivity index (χ0v) is 15.4. The summed E-state index contributed by atoms with van der Waals surface area (Å²) < 4.78 is 6.97. The summed E-state index contributed by atoms with van der Waals surface area (Å²) in [5, 5.41) is 7.31. The maximum absolute atomic E-state index is 12.7. The van der Waals surface area contributed by atoms with Gasteiger partial charge in [-0.25, -0.2) is 4.68 Å². The van der Waals surface area contributed by atoms with Crippen LogP contribution in [0.5, 0.6) is 5.75 Å². The number of hydrogen-bond acceptors (Lipinski definition) is 4. The number of ether oxygens (including phenoxy) is 1. The van der Waals surface area contributed by atoms with Crippen molar-refractivity contribution in [3.8, 4) is 11.4 Å². The molecule has 1 aromatic heterocycles. The van der Waals surface area contributed by atoms with Crippen LogP contribution in [0.15, 0.2) is 54.7 Å². The van der Waals surface area contributed by atoms with Crippen LogP contribution in [0.3, 0.4) is 0 Å². The van der Waals surface area contributed by atoms with Gasteiger partial charge in [-0.15, -0.1) is 0 Å². The van der Waals surface area contributed by atoms with Crippen LogP contribution < -0.4 is 15.0 Å². The average Bonchev–Trinajstić information content (AvgIpc) is 3.08. The van der Waals surface area contributed by atoms with Gasteiger partial charge in [-0.2, -0.15) is 5.10 Å². The van der Waals surface area contributed by atoms with Crippen LogP contribution in [0.1, 0.15) is 16.1 Å². The molecule has 2 aromatic carbocycles. The number of carbonyl (C=O) groups excluding carboxylic acids is 1. The van der Waals surface area contributed by atoms with Gasteiger partial charge < -0.3 is 15.0 Å². The second-order valence-electron chi connectivity index (χ2n) is 6.17. The molecule has 6 heteroatoms. The topological polar surface area (TPSA) is 59.4 Å². The standard InChI is InChI=1S/C20H22N4O2/c1-14-12-16(23(2)3)10-11-17(14)21-20(25)19-18(26-4)13-24(22-19)15-8-6-5-7-9-15/h5-13H,1-4H3,(H,21,25). The number of anilines is 2. The van der Waals surface area contributed by atoms with E-state index in [-0.39, 0.29) is 11.6 Å². The normalized spacial score (nSPS) is 10.5. The summed E-state index contributed by atoms with van der Waals surface area (Å²) in [5.74, 6) is 0.117. The summed E-state index contributed by atoms with van der Waals surface area (Å²) in [7, 11) is 5.49. The number of carbonyl (C=O) groups is 1. The van der Waals surface area contributed by atoms with Crippen LogP contribution in [0.4, 0.5) is 11.4 Å². The van der Waals surface area contributed by atoms with E-state index in [2.05, 4.69) is 10.4 Å². The fourth-order valence-electron chi connectivity index (χ4n) is 2.63. The molecule has 1 N–H and O–H groups in total. The van der Waals surface area contributed by atoms with Crippen molar-refractivity contribution in [3.05, 3.63) is 66.0 Å². The molecule has 0 atom stereocenters. The summed E-state index contributed by atoms with van der Waals surface area (Å²) in [6.45, 7) is 1.96. The van der Waals surface area contributed by atoms with Crippen molar-refractivity contribution in [3.63, 3.8) is 0 Å². The van der Waals surface area contributed by atoms with Gasteiger partial charge in [-0.1, -0.05) is 18.2 Å². The summed E-state index contributed by atoms with van der Waals surface area (Å²) >= 11 is 0. The Kier molecular flexibility index (Phi) is 4.93. The Bertz CT molecular complexity index is 917. The van der Waals surface area contributed by atoms with E-state index in [1.54, 1.807) is 10.9 Å². The first-order valence-electron chi connectivity index (χ1n) is 8.28. The van der Waals surface area contributed by atoms with Gasteiger partial charge in [0.05, 0.1) is 19.0 Å². The average molecular weight is 350 g/mol. The van der Waals surface area contributed by atoms with Crippen LogP contribution in [-0.4, -0.2) is 36.9 Å². The SMILES string of the molecule is COc1cn(-c2ccccc2)nc1C(=O)Nc1ccc(N(C)C)cc1C. The van der Waals surface area contributed by atoms with Crippen molar-refractivity contribution >= 4 is 17.3 Å². The molecule has 0 bridgehead atoms. The summed E-state index contributed by atoms with van der Waals surface area (Å²) in [5.41, 5.74) is 3.90. The molecule has 3 aromatic rings. The minimum absolute atomic E-state index is 0.243. The highest BCUT2D eigenvalue weighted by molar-refractivity contribution is 6.05. The number of para-hydroxylation sites is 1. The third kappa shape index (κ3) is 3.54. The van der Waals surface area contributed by atoms with Gasteiger partial charge in [0.25, 0.3) is 5.91 Å². The number of aryl methyl sites for hydroxylation is 1. The van der Waals surface area contributed by atoms with Crippen LogP contribution >= 0.6 is 0 Å². The molecular weight excluding hydrogens is 328 g/mol. The first-order chi connectivity index (χ1) is 12.5. The zero-order valence-electron chi connectivity index (χ0n) is 15.4. The maximum atomic E-state index is 12.7. The summed E-state index contributed by atoms with van der Waals surface area (Å²) in [6.07, 6.45) is 1.70. The van der Waals surface area contributed by atoms with Crippen molar-refractivity contribution in [1.82, 2.24) is 9.78 Å². The van der Waals surface area contributed by atoms with Gasteiger partial charge >= 0.3 is 0 Å². The van der Waals surface area contributed by atoms with E-state index in [1.165, 1.54) is 7.11 Å². The third-order valence-electron chi connectivity index (χ3n) is 4.11. The van der Waals surface area contributed by atoms with E-state index in [1.807, 2.05) is 74.4 Å². The number of amides is 1. The predicted molar refractivity (Wildman–Crippen MR) is 104 cm³/mol. The second-order valence-corrected chi connectivity index (χ2v) is 6.17. The van der Waals surface area contributed by atoms with Crippen LogP contribution in [-0.2, 0) is 0 Å². The van der Waals surface area contributed by atoms with Crippen LogP contribution in [0.25, 0.3) is 5.69 Å². The molecule has 134 valence electrons. The maximum Gasteiger partial charge on any atom is 0.280 e. The van der Waals surface area contributed by atoms with E-state index in [0.29, 0.717) is 5.75 Å². The minimum Gasteiger partial charge on any atom is -0.493 e. The first-order valence-corrected chi connectivity index (χ1v) is 8.28. The molecule has 0 aliphatic carbocycles. The van der Waals surface area contributed by atoms with Gasteiger partial charge in [-0.3, -0.25) is 4.79 Å². The molecule has 26 heavy (non-hydrogen) atoms. The second kappa shape index (κ2) is 7.31. The highest BCUT2D eigenvalue weighted by atomic mass is 16.5. The van der Waals surface area contributed by atoms with Crippen molar-refractivity contribution in [2.75, 3.05) is 31.4 Å². The van der Waals surface area contributed by atoms with Gasteiger partial charge in [0.2, 0.25) is 0 Å². The fraction of sp³-hybridized carbons (Fsp3) is 0.200. The molecule has 0 spiro atoms. The first kappa shape index (κ1) is 17.5. The van der Waals surface area contributed by atoms with Gasteiger partial charge in [-0.05, 0) is 42.8 Å². The van der Waals surface area contributed by atoms with Gasteiger partial charge in [0.1, 0.15) is 0 Å². The van der Waals surface area contributed by atoms with E-state index >= 15 is 0 Å². The molecule has 0 aliphatic heterocycles. The molecule has 0 saturated carbocycles. The lowest BCUT2D eigenvalue weighted by Gasteiger charge is -2.15. The molecule has 1 heterocycles. The summed E-state index contributed by atoms with van der Waals surface area (Å²) in [6, 6.07) is 15.5. The largest absolute Gasteiger partial charge is 0.493 e. The zero-order chi connectivity index (χ0) is 18.7. The number of nitrogens with zero attached hydrogens (tertiary/aromatic N) is 3. The van der Waals surface area contributed by atoms with E-state index in [4.69, 9.17) is 4.74 Å². The van der Waals surface area contributed by atoms with Crippen molar-refractivity contribution in [1.29, 1.82) is 0 Å². The Balaban J connectivity index is 1.87. The lowest BCUT2D eigenvalue weighted by atomic mass is 10.1. The molecule has 0 radical (unpaired) electrons. The van der Waals surface area contributed by atoms with Crippen molar-refractivity contribution < 1.29 is 9.53 Å². The minimum atomic E-state index is -0.308. The molecule has 0 aliphatic rings. The quantitative estimate of drug-likeness (QED) is 0.765. The number of benzene rings is 2. The molecule has 3 rings (SSSR count). The fourth-order valence-corrected chi connectivity index (χ4v) is 2.63. The van der Waals surface area contributed by atoms with E-state index < -0.39 is 0 Å². The van der Waals surface area contributed by atoms with Gasteiger partial charge in [0.15, 0.2) is 11.4 Å². The van der Waals surface area contributed by atoms with Gasteiger partial charge in [0, 0.05) is 25.5 Å². The van der Waals surface area contributed by atoms with Crippen molar-refractivity contribution in [2.24, 2.45) is 0 Å². The number of rotatable bonds is 5.